The van der Waals surface area contributed by atoms with Crippen LogP contribution in [-0.4, -0.2) is 30.0 Å². The quantitative estimate of drug-likeness (QED) is 0.720. The molecule has 1 heterocycles. The van der Waals surface area contributed by atoms with Crippen molar-refractivity contribution >= 4 is 0 Å². The maximum Gasteiger partial charge on any atom is 0.0587 e. The number of methoxy groups -OCH3 is 1. The van der Waals surface area contributed by atoms with Crippen molar-refractivity contribution in [2.24, 2.45) is 5.92 Å². The van der Waals surface area contributed by atoms with Crippen molar-refractivity contribution in [1.29, 1.82) is 0 Å². The number of nitrogens with one attached hydrogen (secondary N) is 1. The summed E-state index contributed by atoms with van der Waals surface area (Å²) >= 11 is 0. The smallest absolute Gasteiger partial charge is 0.0587 e. The van der Waals surface area contributed by atoms with E-state index < -0.39 is 0 Å². The third-order valence-electron chi connectivity index (χ3n) is 3.81. The predicted molar refractivity (Wildman–Crippen MR) is 72.6 cm³/mol. The number of nitrogens with zero attached hydrogens (tertiary/aromatic N) is 2. The van der Waals surface area contributed by atoms with E-state index in [-0.39, 0.29) is 0 Å². The summed E-state index contributed by atoms with van der Waals surface area (Å²) in [6.45, 7) is 7.05. The zero-order valence-electron chi connectivity index (χ0n) is 11.8. The SMILES string of the molecule is CCc1c(CNCCOC)cnn1C(C)C1CC1. The molecule has 0 radical (unpaired) electrons. The highest BCUT2D eigenvalue weighted by Gasteiger charge is 2.30. The molecule has 0 amide bonds. The van der Waals surface area contributed by atoms with Crippen LogP contribution in [0, 0.1) is 5.92 Å². The highest BCUT2D eigenvalue weighted by Crippen LogP contribution is 2.39. The fourth-order valence-electron chi connectivity index (χ4n) is 2.49. The topological polar surface area (TPSA) is 39.1 Å². The standard InChI is InChI=1S/C14H25N3O/c1-4-14-13(9-15-7-8-18-3)10-16-17(14)11(2)12-5-6-12/h10-12,15H,4-9H2,1-3H3. The minimum Gasteiger partial charge on any atom is -0.383 e. The molecule has 1 saturated carbocycles. The van der Waals surface area contributed by atoms with Gasteiger partial charge in [0.25, 0.3) is 0 Å². The highest BCUT2D eigenvalue weighted by atomic mass is 16.5. The van der Waals surface area contributed by atoms with Crippen molar-refractivity contribution in [3.05, 3.63) is 17.5 Å². The van der Waals surface area contributed by atoms with Crippen LogP contribution in [-0.2, 0) is 17.7 Å². The largest absolute Gasteiger partial charge is 0.383 e. The van der Waals surface area contributed by atoms with E-state index in [9.17, 15) is 0 Å². The minimum absolute atomic E-state index is 0.563. The molecule has 4 nitrogen and oxygen atoms in total. The lowest BCUT2D eigenvalue weighted by Crippen LogP contribution is -2.19. The maximum atomic E-state index is 5.04. The van der Waals surface area contributed by atoms with Crippen molar-refractivity contribution in [3.8, 4) is 0 Å². The third-order valence-corrected chi connectivity index (χ3v) is 3.81. The number of hydrogen-bond donors (Lipinski definition) is 1. The summed E-state index contributed by atoms with van der Waals surface area (Å²) in [5.41, 5.74) is 2.72. The Morgan fingerprint density at radius 3 is 2.94 bits per heavy atom. The van der Waals surface area contributed by atoms with Gasteiger partial charge in [-0.25, -0.2) is 0 Å². The summed E-state index contributed by atoms with van der Waals surface area (Å²) in [5, 5.41) is 7.99. The van der Waals surface area contributed by atoms with Gasteiger partial charge in [-0.15, -0.1) is 0 Å². The molecule has 1 aliphatic rings. The molecule has 2 rings (SSSR count). The van der Waals surface area contributed by atoms with Gasteiger partial charge < -0.3 is 10.1 Å². The van der Waals surface area contributed by atoms with E-state index in [4.69, 9.17) is 4.74 Å². The number of aromatic nitrogens is 2. The Balaban J connectivity index is 1.97. The van der Waals surface area contributed by atoms with Gasteiger partial charge in [-0.3, -0.25) is 4.68 Å². The van der Waals surface area contributed by atoms with E-state index in [0.717, 1.165) is 32.0 Å². The van der Waals surface area contributed by atoms with Gasteiger partial charge in [0.15, 0.2) is 0 Å². The number of rotatable bonds is 8. The minimum atomic E-state index is 0.563. The molecule has 0 spiro atoms. The lowest BCUT2D eigenvalue weighted by molar-refractivity contribution is 0.199. The highest BCUT2D eigenvalue weighted by molar-refractivity contribution is 5.18. The third kappa shape index (κ3) is 3.12. The second kappa shape index (κ2) is 6.34. The second-order valence-corrected chi connectivity index (χ2v) is 5.16. The molecule has 4 heteroatoms. The molecule has 18 heavy (non-hydrogen) atoms. The Kier molecular flexibility index (Phi) is 4.78. The molecule has 0 aliphatic heterocycles. The summed E-state index contributed by atoms with van der Waals surface area (Å²) in [6, 6.07) is 0.563. The fraction of sp³-hybridized carbons (Fsp3) is 0.786. The summed E-state index contributed by atoms with van der Waals surface area (Å²) in [4.78, 5) is 0. The van der Waals surface area contributed by atoms with Crippen LogP contribution in [0.2, 0.25) is 0 Å². The normalized spacial score (nSPS) is 17.1. The molecule has 1 fully saturated rings. The van der Waals surface area contributed by atoms with Crippen molar-refractivity contribution < 1.29 is 4.74 Å². The molecular formula is C14H25N3O. The molecule has 1 N–H and O–H groups in total. The summed E-state index contributed by atoms with van der Waals surface area (Å²) in [5.74, 6) is 0.851. The Morgan fingerprint density at radius 2 is 2.33 bits per heavy atom. The Morgan fingerprint density at radius 1 is 1.56 bits per heavy atom. The molecule has 1 atom stereocenters. The van der Waals surface area contributed by atoms with Gasteiger partial charge >= 0.3 is 0 Å². The first-order chi connectivity index (χ1) is 8.77. The van der Waals surface area contributed by atoms with Gasteiger partial charge in [-0.1, -0.05) is 6.92 Å². The molecule has 0 bridgehead atoms. The van der Waals surface area contributed by atoms with Crippen LogP contribution in [0.25, 0.3) is 0 Å². The molecule has 1 aromatic rings. The van der Waals surface area contributed by atoms with Crippen molar-refractivity contribution in [1.82, 2.24) is 15.1 Å². The van der Waals surface area contributed by atoms with Crippen LogP contribution >= 0.6 is 0 Å². The van der Waals surface area contributed by atoms with Crippen molar-refractivity contribution in [2.45, 2.75) is 45.7 Å². The summed E-state index contributed by atoms with van der Waals surface area (Å²) in [7, 11) is 1.73. The first kappa shape index (κ1) is 13.6. The second-order valence-electron chi connectivity index (χ2n) is 5.16. The first-order valence-electron chi connectivity index (χ1n) is 7.02. The Labute approximate surface area is 110 Å². The fourth-order valence-corrected chi connectivity index (χ4v) is 2.49. The van der Waals surface area contributed by atoms with Crippen LogP contribution in [0.1, 0.15) is 44.0 Å². The van der Waals surface area contributed by atoms with Gasteiger partial charge in [-0.05, 0) is 32.1 Å². The first-order valence-corrected chi connectivity index (χ1v) is 7.02. The van der Waals surface area contributed by atoms with E-state index in [1.165, 1.54) is 24.1 Å². The van der Waals surface area contributed by atoms with Gasteiger partial charge in [0.2, 0.25) is 0 Å². The molecule has 0 aromatic carbocycles. The van der Waals surface area contributed by atoms with Crippen molar-refractivity contribution in [2.75, 3.05) is 20.3 Å². The monoisotopic (exact) mass is 251 g/mol. The van der Waals surface area contributed by atoms with Crippen LogP contribution in [0.15, 0.2) is 6.20 Å². The molecule has 0 saturated heterocycles. The van der Waals surface area contributed by atoms with E-state index >= 15 is 0 Å². The zero-order chi connectivity index (χ0) is 13.0. The van der Waals surface area contributed by atoms with Gasteiger partial charge in [-0.2, -0.15) is 5.10 Å². The molecule has 1 aliphatic carbocycles. The van der Waals surface area contributed by atoms with E-state index in [1.54, 1.807) is 7.11 Å². The molecule has 1 aromatic heterocycles. The van der Waals surface area contributed by atoms with E-state index in [0.29, 0.717) is 6.04 Å². The predicted octanol–water partition coefficient (Wildman–Crippen LogP) is 2.15. The van der Waals surface area contributed by atoms with Crippen LogP contribution in [0.3, 0.4) is 0 Å². The van der Waals surface area contributed by atoms with Crippen LogP contribution < -0.4 is 5.32 Å². The average Bonchev–Trinajstić information content (AvgIpc) is 3.15. The number of ether oxygens (including phenoxy) is 1. The Hall–Kier alpha value is -0.870. The molecule has 102 valence electrons. The van der Waals surface area contributed by atoms with Gasteiger partial charge in [0.1, 0.15) is 0 Å². The Bertz CT molecular complexity index is 371. The molecule has 1 unspecified atom stereocenters. The van der Waals surface area contributed by atoms with E-state index in [1.807, 2.05) is 6.20 Å². The van der Waals surface area contributed by atoms with Crippen LogP contribution in [0.4, 0.5) is 0 Å². The van der Waals surface area contributed by atoms with E-state index in [2.05, 4.69) is 28.9 Å². The van der Waals surface area contributed by atoms with Crippen LogP contribution in [0.5, 0.6) is 0 Å². The van der Waals surface area contributed by atoms with Gasteiger partial charge in [0, 0.05) is 31.5 Å². The lowest BCUT2D eigenvalue weighted by Gasteiger charge is -2.15. The summed E-state index contributed by atoms with van der Waals surface area (Å²) in [6.07, 6.45) is 5.81. The van der Waals surface area contributed by atoms with Crippen molar-refractivity contribution in [3.63, 3.8) is 0 Å². The lowest BCUT2D eigenvalue weighted by atomic mass is 10.1. The summed E-state index contributed by atoms with van der Waals surface area (Å²) < 4.78 is 7.28. The zero-order valence-corrected chi connectivity index (χ0v) is 11.8. The average molecular weight is 251 g/mol. The van der Waals surface area contributed by atoms with Gasteiger partial charge in [0.05, 0.1) is 18.8 Å². The number of hydrogen-bond acceptors (Lipinski definition) is 3. The molecular weight excluding hydrogens is 226 g/mol. The maximum absolute atomic E-state index is 5.04.